The van der Waals surface area contributed by atoms with Crippen molar-refractivity contribution >= 4 is 11.6 Å². The van der Waals surface area contributed by atoms with Crippen LogP contribution in [0.2, 0.25) is 0 Å². The van der Waals surface area contributed by atoms with Crippen molar-refractivity contribution in [2.45, 2.75) is 26.2 Å². The quantitative estimate of drug-likeness (QED) is 0.637. The van der Waals surface area contributed by atoms with E-state index in [-0.39, 0.29) is 22.6 Å². The summed E-state index contributed by atoms with van der Waals surface area (Å²) in [7, 11) is 0. The third-order valence-corrected chi connectivity index (χ3v) is 2.69. The van der Waals surface area contributed by atoms with Crippen LogP contribution in [-0.4, -0.2) is 23.9 Å². The first-order valence-corrected chi connectivity index (χ1v) is 6.04. The number of nitrogens with one attached hydrogen (secondary N) is 1. The Morgan fingerprint density at radius 3 is 2.53 bits per heavy atom. The van der Waals surface area contributed by atoms with Crippen molar-refractivity contribution in [2.75, 3.05) is 13.1 Å². The Kier molecular flexibility index (Phi) is 4.61. The number of rotatable bonds is 4. The van der Waals surface area contributed by atoms with E-state index in [0.717, 1.165) is 0 Å². The van der Waals surface area contributed by atoms with Crippen molar-refractivity contribution < 1.29 is 9.72 Å². The lowest BCUT2D eigenvalue weighted by Gasteiger charge is -2.19. The minimum atomic E-state index is -0.458. The van der Waals surface area contributed by atoms with E-state index in [9.17, 15) is 14.9 Å². The minimum absolute atomic E-state index is 0.0344. The molecular weight excluding hydrogens is 246 g/mol. The Hall–Kier alpha value is -1.95. The van der Waals surface area contributed by atoms with Crippen LogP contribution in [0.1, 0.15) is 36.7 Å². The number of benzene rings is 1. The van der Waals surface area contributed by atoms with Crippen molar-refractivity contribution in [3.05, 3.63) is 39.4 Å². The maximum Gasteiger partial charge on any atom is 0.273 e. The molecule has 19 heavy (non-hydrogen) atoms. The van der Waals surface area contributed by atoms with Gasteiger partial charge in [-0.25, -0.2) is 0 Å². The molecule has 0 heterocycles. The van der Waals surface area contributed by atoms with E-state index < -0.39 is 4.92 Å². The first-order valence-electron chi connectivity index (χ1n) is 6.04. The van der Waals surface area contributed by atoms with Crippen LogP contribution in [0.4, 0.5) is 5.69 Å². The number of hydrogen-bond acceptors (Lipinski definition) is 4. The van der Waals surface area contributed by atoms with Gasteiger partial charge < -0.3 is 11.1 Å². The van der Waals surface area contributed by atoms with Gasteiger partial charge >= 0.3 is 0 Å². The number of nitrogens with two attached hydrogens (primary N) is 1. The zero-order valence-electron chi connectivity index (χ0n) is 11.4. The highest BCUT2D eigenvalue weighted by Gasteiger charge is 2.25. The fraction of sp³-hybridized carbons (Fsp3) is 0.462. The van der Waals surface area contributed by atoms with Gasteiger partial charge in [-0.05, 0) is 11.5 Å². The van der Waals surface area contributed by atoms with Gasteiger partial charge in [-0.15, -0.1) is 0 Å². The van der Waals surface area contributed by atoms with Gasteiger partial charge in [0.1, 0.15) is 0 Å². The van der Waals surface area contributed by atoms with E-state index in [0.29, 0.717) is 18.7 Å². The molecule has 0 aliphatic heterocycles. The number of nitro benzene ring substituents is 1. The van der Waals surface area contributed by atoms with Crippen LogP contribution < -0.4 is 11.1 Å². The summed E-state index contributed by atoms with van der Waals surface area (Å²) in [5.41, 5.74) is 5.78. The molecule has 0 aliphatic rings. The van der Waals surface area contributed by atoms with Crippen LogP contribution in [0.15, 0.2) is 18.2 Å². The third kappa shape index (κ3) is 3.75. The Bertz CT molecular complexity index is 492. The molecule has 0 atom stereocenters. The highest BCUT2D eigenvalue weighted by Crippen LogP contribution is 2.31. The number of nitrogens with zero attached hydrogens (tertiary/aromatic N) is 1. The van der Waals surface area contributed by atoms with Gasteiger partial charge in [0, 0.05) is 30.3 Å². The van der Waals surface area contributed by atoms with Gasteiger partial charge in [-0.3, -0.25) is 14.9 Å². The Morgan fingerprint density at radius 2 is 2.05 bits per heavy atom. The lowest BCUT2D eigenvalue weighted by Crippen LogP contribution is -2.29. The zero-order valence-corrected chi connectivity index (χ0v) is 11.4. The number of hydrogen-bond donors (Lipinski definition) is 2. The third-order valence-electron chi connectivity index (χ3n) is 2.69. The summed E-state index contributed by atoms with van der Waals surface area (Å²) in [5, 5.41) is 13.7. The molecule has 6 nitrogen and oxygen atoms in total. The first-order chi connectivity index (χ1) is 8.77. The second-order valence-corrected chi connectivity index (χ2v) is 5.28. The summed E-state index contributed by atoms with van der Waals surface area (Å²) in [6, 6.07) is 4.54. The Balaban J connectivity index is 3.17. The molecule has 0 radical (unpaired) electrons. The molecule has 0 unspecified atom stereocenters. The molecule has 0 bridgehead atoms. The summed E-state index contributed by atoms with van der Waals surface area (Å²) in [6.45, 7) is 6.35. The topological polar surface area (TPSA) is 98.3 Å². The summed E-state index contributed by atoms with van der Waals surface area (Å²) < 4.78 is 0. The molecule has 0 spiro atoms. The predicted molar refractivity (Wildman–Crippen MR) is 73.2 cm³/mol. The summed E-state index contributed by atoms with van der Waals surface area (Å²) in [6.07, 6.45) is 0. The summed E-state index contributed by atoms with van der Waals surface area (Å²) in [4.78, 5) is 22.4. The van der Waals surface area contributed by atoms with Crippen molar-refractivity contribution in [1.82, 2.24) is 5.32 Å². The molecule has 1 aromatic rings. The standard InChI is InChI=1S/C13H19N3O3/c1-13(2,3)10-5-4-9(8-11(10)16(18)19)12(17)15-7-6-14/h4-5,8H,6-7,14H2,1-3H3,(H,15,17). The van der Waals surface area contributed by atoms with Gasteiger partial charge in [0.05, 0.1) is 4.92 Å². The van der Waals surface area contributed by atoms with E-state index in [4.69, 9.17) is 5.73 Å². The number of carbonyl (C=O) groups excluding carboxylic acids is 1. The normalized spacial score (nSPS) is 11.2. The number of carbonyl (C=O) groups is 1. The smallest absolute Gasteiger partial charge is 0.273 e. The summed E-state index contributed by atoms with van der Waals surface area (Å²) in [5.74, 6) is -0.353. The van der Waals surface area contributed by atoms with Crippen LogP contribution in [0, 0.1) is 10.1 Å². The molecule has 3 N–H and O–H groups in total. The van der Waals surface area contributed by atoms with E-state index in [1.807, 2.05) is 20.8 Å². The van der Waals surface area contributed by atoms with Crippen LogP contribution in [0.25, 0.3) is 0 Å². The Morgan fingerprint density at radius 1 is 1.42 bits per heavy atom. The van der Waals surface area contributed by atoms with E-state index >= 15 is 0 Å². The van der Waals surface area contributed by atoms with Crippen molar-refractivity contribution in [1.29, 1.82) is 0 Å². The molecule has 6 heteroatoms. The fourth-order valence-corrected chi connectivity index (χ4v) is 1.75. The van der Waals surface area contributed by atoms with E-state index in [1.54, 1.807) is 12.1 Å². The molecule has 1 rings (SSSR count). The maximum absolute atomic E-state index is 11.8. The predicted octanol–water partition coefficient (Wildman–Crippen LogP) is 1.58. The van der Waals surface area contributed by atoms with Gasteiger partial charge in [-0.2, -0.15) is 0 Å². The van der Waals surface area contributed by atoms with Gasteiger partial charge in [0.25, 0.3) is 11.6 Å². The molecule has 0 fully saturated rings. The molecule has 0 aromatic heterocycles. The van der Waals surface area contributed by atoms with Crippen LogP contribution in [0.5, 0.6) is 0 Å². The maximum atomic E-state index is 11.8. The lowest BCUT2D eigenvalue weighted by atomic mass is 9.85. The lowest BCUT2D eigenvalue weighted by molar-refractivity contribution is -0.386. The molecule has 104 valence electrons. The number of amides is 1. The molecule has 0 saturated heterocycles. The molecule has 1 aromatic carbocycles. The highest BCUT2D eigenvalue weighted by molar-refractivity contribution is 5.95. The fourth-order valence-electron chi connectivity index (χ4n) is 1.75. The second-order valence-electron chi connectivity index (χ2n) is 5.28. The monoisotopic (exact) mass is 265 g/mol. The SMILES string of the molecule is CC(C)(C)c1ccc(C(=O)NCCN)cc1[N+](=O)[O-]. The van der Waals surface area contributed by atoms with E-state index in [1.165, 1.54) is 6.07 Å². The second kappa shape index (κ2) is 5.79. The van der Waals surface area contributed by atoms with Crippen LogP contribution in [0.3, 0.4) is 0 Å². The molecule has 1 amide bonds. The zero-order chi connectivity index (χ0) is 14.6. The highest BCUT2D eigenvalue weighted by atomic mass is 16.6. The molecular formula is C13H19N3O3. The molecule has 0 saturated carbocycles. The molecule has 0 aliphatic carbocycles. The minimum Gasteiger partial charge on any atom is -0.351 e. The average molecular weight is 265 g/mol. The van der Waals surface area contributed by atoms with Crippen molar-refractivity contribution in [2.24, 2.45) is 5.73 Å². The Labute approximate surface area is 112 Å². The number of nitro groups is 1. The first kappa shape index (κ1) is 15.1. The summed E-state index contributed by atoms with van der Waals surface area (Å²) >= 11 is 0. The van der Waals surface area contributed by atoms with Gasteiger partial charge in [-0.1, -0.05) is 26.8 Å². The van der Waals surface area contributed by atoms with Crippen molar-refractivity contribution in [3.8, 4) is 0 Å². The largest absolute Gasteiger partial charge is 0.351 e. The van der Waals surface area contributed by atoms with Gasteiger partial charge in [0.15, 0.2) is 0 Å². The van der Waals surface area contributed by atoms with E-state index in [2.05, 4.69) is 5.32 Å². The average Bonchev–Trinajstić information content (AvgIpc) is 2.34. The van der Waals surface area contributed by atoms with Crippen LogP contribution >= 0.6 is 0 Å². The van der Waals surface area contributed by atoms with Crippen LogP contribution in [-0.2, 0) is 5.41 Å². The van der Waals surface area contributed by atoms with Crippen molar-refractivity contribution in [3.63, 3.8) is 0 Å². The van der Waals surface area contributed by atoms with Gasteiger partial charge in [0.2, 0.25) is 0 Å².